The highest BCUT2D eigenvalue weighted by Crippen LogP contribution is 2.25. The highest BCUT2D eigenvalue weighted by molar-refractivity contribution is 6.04. The Hall–Kier alpha value is -2.82. The molecule has 1 heterocycles. The topological polar surface area (TPSA) is 58.6 Å². The number of likely N-dealkylation sites (tertiary alicyclic amines) is 1. The molecule has 0 radical (unpaired) electrons. The van der Waals surface area contributed by atoms with E-state index in [2.05, 4.69) is 26.1 Å². The highest BCUT2D eigenvalue weighted by Gasteiger charge is 2.24. The van der Waals surface area contributed by atoms with Crippen molar-refractivity contribution in [2.75, 3.05) is 18.4 Å². The number of hydrogen-bond acceptors (Lipinski definition) is 3. The molecule has 2 amide bonds. The summed E-state index contributed by atoms with van der Waals surface area (Å²) in [5.41, 5.74) is 2.34. The number of carbonyl (C=O) groups excluding carboxylic acids is 2. The number of benzene rings is 2. The monoisotopic (exact) mass is 436 g/mol. The van der Waals surface area contributed by atoms with Gasteiger partial charge in [0.25, 0.3) is 11.8 Å². The second-order valence-corrected chi connectivity index (χ2v) is 9.53. The number of anilines is 1. The van der Waals surface area contributed by atoms with Crippen molar-refractivity contribution in [3.63, 3.8) is 0 Å². The molecule has 1 atom stereocenters. The van der Waals surface area contributed by atoms with Gasteiger partial charge in [-0.3, -0.25) is 9.59 Å². The first-order valence-electron chi connectivity index (χ1n) is 11.8. The molecule has 1 aliphatic heterocycles. The zero-order valence-electron chi connectivity index (χ0n) is 19.8. The Labute approximate surface area is 192 Å². The number of carbonyl (C=O) groups is 2. The van der Waals surface area contributed by atoms with Crippen molar-refractivity contribution in [1.29, 1.82) is 0 Å². The second kappa shape index (κ2) is 10.7. The molecule has 2 aromatic carbocycles. The van der Waals surface area contributed by atoms with Crippen LogP contribution in [0, 0.1) is 0 Å². The molecule has 172 valence electrons. The molecule has 5 heteroatoms. The summed E-state index contributed by atoms with van der Waals surface area (Å²) in [6.45, 7) is 9.95. The van der Waals surface area contributed by atoms with E-state index in [-0.39, 0.29) is 17.2 Å². The van der Waals surface area contributed by atoms with Crippen molar-refractivity contribution >= 4 is 17.5 Å². The smallest absolute Gasteiger partial charge is 0.265 e. The molecule has 1 fully saturated rings. The van der Waals surface area contributed by atoms with Gasteiger partial charge in [0.15, 0.2) is 6.10 Å². The predicted octanol–water partition coefficient (Wildman–Crippen LogP) is 5.80. The molecule has 2 aromatic rings. The Morgan fingerprint density at radius 2 is 1.59 bits per heavy atom. The van der Waals surface area contributed by atoms with Gasteiger partial charge in [0.05, 0.1) is 11.3 Å². The van der Waals surface area contributed by atoms with Gasteiger partial charge in [0.2, 0.25) is 0 Å². The summed E-state index contributed by atoms with van der Waals surface area (Å²) in [7, 11) is 0. The molecule has 0 saturated carbocycles. The first-order chi connectivity index (χ1) is 15.3. The molecule has 3 rings (SSSR count). The van der Waals surface area contributed by atoms with Crippen molar-refractivity contribution in [3.05, 3.63) is 59.7 Å². The van der Waals surface area contributed by atoms with Crippen LogP contribution in [0.3, 0.4) is 0 Å². The van der Waals surface area contributed by atoms with Gasteiger partial charge in [-0.15, -0.1) is 0 Å². The van der Waals surface area contributed by atoms with Gasteiger partial charge in [0.1, 0.15) is 5.75 Å². The van der Waals surface area contributed by atoms with Crippen LogP contribution >= 0.6 is 0 Å². The van der Waals surface area contributed by atoms with Crippen molar-refractivity contribution in [3.8, 4) is 5.75 Å². The summed E-state index contributed by atoms with van der Waals surface area (Å²) in [4.78, 5) is 28.1. The summed E-state index contributed by atoms with van der Waals surface area (Å²) >= 11 is 0. The van der Waals surface area contributed by atoms with E-state index in [4.69, 9.17) is 4.74 Å². The Morgan fingerprint density at radius 3 is 2.19 bits per heavy atom. The Morgan fingerprint density at radius 1 is 0.969 bits per heavy atom. The fraction of sp³-hybridized carbons (Fsp3) is 0.481. The summed E-state index contributed by atoms with van der Waals surface area (Å²) in [6, 6.07) is 15.1. The highest BCUT2D eigenvalue weighted by atomic mass is 16.5. The van der Waals surface area contributed by atoms with Crippen LogP contribution in [-0.4, -0.2) is 35.9 Å². The van der Waals surface area contributed by atoms with E-state index >= 15 is 0 Å². The van der Waals surface area contributed by atoms with Crippen LogP contribution in [0.5, 0.6) is 5.75 Å². The third-order valence-corrected chi connectivity index (χ3v) is 5.97. The fourth-order valence-corrected chi connectivity index (χ4v) is 3.96. The van der Waals surface area contributed by atoms with Crippen LogP contribution in [-0.2, 0) is 10.2 Å². The van der Waals surface area contributed by atoms with E-state index < -0.39 is 6.10 Å². The van der Waals surface area contributed by atoms with Crippen molar-refractivity contribution in [2.45, 2.75) is 71.3 Å². The van der Waals surface area contributed by atoms with E-state index in [0.29, 0.717) is 23.4 Å². The van der Waals surface area contributed by atoms with E-state index in [1.54, 1.807) is 12.1 Å². The van der Waals surface area contributed by atoms with E-state index in [1.165, 1.54) is 5.56 Å². The minimum absolute atomic E-state index is 0.0189. The van der Waals surface area contributed by atoms with E-state index in [9.17, 15) is 9.59 Å². The first-order valence-corrected chi connectivity index (χ1v) is 11.8. The average Bonchev–Trinajstić information content (AvgIpc) is 3.06. The molecular weight excluding hydrogens is 400 g/mol. The van der Waals surface area contributed by atoms with Crippen LogP contribution in [0.15, 0.2) is 48.5 Å². The quantitative estimate of drug-likeness (QED) is 0.623. The number of amides is 2. The van der Waals surface area contributed by atoms with Crippen LogP contribution in [0.2, 0.25) is 0 Å². The lowest BCUT2D eigenvalue weighted by Gasteiger charge is -2.23. The minimum Gasteiger partial charge on any atom is -0.481 e. The number of rotatable bonds is 6. The third-order valence-electron chi connectivity index (χ3n) is 5.97. The number of ether oxygens (including phenoxy) is 1. The molecule has 1 unspecified atom stereocenters. The Kier molecular flexibility index (Phi) is 7.94. The van der Waals surface area contributed by atoms with Crippen molar-refractivity contribution < 1.29 is 14.3 Å². The summed E-state index contributed by atoms with van der Waals surface area (Å²) < 4.78 is 5.99. The third kappa shape index (κ3) is 6.12. The number of hydrogen-bond donors (Lipinski definition) is 1. The lowest BCUT2D eigenvalue weighted by atomic mass is 9.87. The average molecular weight is 437 g/mol. The summed E-state index contributed by atoms with van der Waals surface area (Å²) in [5.74, 6) is 0.395. The molecule has 0 spiro atoms. The van der Waals surface area contributed by atoms with Crippen molar-refractivity contribution in [1.82, 2.24) is 4.90 Å². The Bertz CT molecular complexity index is 907. The molecule has 0 bridgehead atoms. The molecule has 1 N–H and O–H groups in total. The van der Waals surface area contributed by atoms with Gasteiger partial charge < -0.3 is 15.0 Å². The van der Waals surface area contributed by atoms with Gasteiger partial charge in [-0.1, -0.05) is 64.8 Å². The first kappa shape index (κ1) is 23.8. The molecular formula is C27H36N2O3. The van der Waals surface area contributed by atoms with Gasteiger partial charge >= 0.3 is 0 Å². The lowest BCUT2D eigenvalue weighted by molar-refractivity contribution is -0.122. The molecule has 1 aliphatic rings. The number of para-hydroxylation sites is 1. The zero-order valence-corrected chi connectivity index (χ0v) is 19.8. The maximum Gasteiger partial charge on any atom is 0.265 e. The number of nitrogens with zero attached hydrogens (tertiary/aromatic N) is 1. The van der Waals surface area contributed by atoms with Gasteiger partial charge in [0, 0.05) is 13.1 Å². The summed E-state index contributed by atoms with van der Waals surface area (Å²) in [6.07, 6.45) is 4.26. The second-order valence-electron chi connectivity index (χ2n) is 9.53. The standard InChI is InChI=1S/C27H36N2O3/c1-5-24(32-21-16-14-20(15-17-21)27(2,3)4)25(30)28-23-13-9-8-12-22(23)26(31)29-18-10-6-7-11-19-29/h8-9,12-17,24H,5-7,10-11,18-19H2,1-4H3,(H,28,30). The Balaban J connectivity index is 1.70. The normalized spacial score (nSPS) is 15.6. The predicted molar refractivity (Wildman–Crippen MR) is 129 cm³/mol. The molecule has 1 saturated heterocycles. The fourth-order valence-electron chi connectivity index (χ4n) is 3.96. The maximum atomic E-state index is 13.1. The van der Waals surface area contributed by atoms with E-state index in [0.717, 1.165) is 38.8 Å². The van der Waals surface area contributed by atoms with Crippen LogP contribution in [0.4, 0.5) is 5.69 Å². The van der Waals surface area contributed by atoms with Crippen molar-refractivity contribution in [2.24, 2.45) is 0 Å². The van der Waals surface area contributed by atoms with Gasteiger partial charge in [-0.05, 0) is 54.5 Å². The molecule has 32 heavy (non-hydrogen) atoms. The molecule has 5 nitrogen and oxygen atoms in total. The lowest BCUT2D eigenvalue weighted by Crippen LogP contribution is -2.35. The maximum absolute atomic E-state index is 13.1. The SMILES string of the molecule is CCC(Oc1ccc(C(C)(C)C)cc1)C(=O)Nc1ccccc1C(=O)N1CCCCCC1. The molecule has 0 aliphatic carbocycles. The number of nitrogens with one attached hydrogen (secondary N) is 1. The summed E-state index contributed by atoms with van der Waals surface area (Å²) in [5, 5.41) is 2.94. The van der Waals surface area contributed by atoms with Crippen LogP contribution in [0.1, 0.15) is 75.7 Å². The van der Waals surface area contributed by atoms with Gasteiger partial charge in [-0.2, -0.15) is 0 Å². The van der Waals surface area contributed by atoms with Crippen LogP contribution < -0.4 is 10.1 Å². The minimum atomic E-state index is -0.642. The van der Waals surface area contributed by atoms with Gasteiger partial charge in [-0.25, -0.2) is 0 Å². The van der Waals surface area contributed by atoms with E-state index in [1.807, 2.05) is 48.2 Å². The zero-order chi connectivity index (χ0) is 23.1. The largest absolute Gasteiger partial charge is 0.481 e. The van der Waals surface area contributed by atoms with Crippen LogP contribution in [0.25, 0.3) is 0 Å². The molecule has 0 aromatic heterocycles.